The predicted molar refractivity (Wildman–Crippen MR) is 75.8 cm³/mol. The van der Waals surface area contributed by atoms with Crippen molar-refractivity contribution >= 4 is 0 Å². The summed E-state index contributed by atoms with van der Waals surface area (Å²) in [5.41, 5.74) is 0.897. The predicted octanol–water partition coefficient (Wildman–Crippen LogP) is 3.75. The van der Waals surface area contributed by atoms with Crippen molar-refractivity contribution in [3.05, 3.63) is 29.6 Å². The molecule has 0 heterocycles. The van der Waals surface area contributed by atoms with Crippen molar-refractivity contribution < 1.29 is 9.13 Å². The third-order valence-electron chi connectivity index (χ3n) is 4.23. The highest BCUT2D eigenvalue weighted by Gasteiger charge is 2.26. The van der Waals surface area contributed by atoms with Crippen LogP contribution >= 0.6 is 0 Å². The maximum atomic E-state index is 13.3. The van der Waals surface area contributed by atoms with Crippen LogP contribution in [0.2, 0.25) is 0 Å². The SMILES string of the molecule is CNCc1cc(F)ccc1OC1CCC(C)C(C)C1. The van der Waals surface area contributed by atoms with Crippen molar-refractivity contribution in [3.63, 3.8) is 0 Å². The van der Waals surface area contributed by atoms with E-state index in [1.807, 2.05) is 7.05 Å². The van der Waals surface area contributed by atoms with Gasteiger partial charge < -0.3 is 10.1 Å². The monoisotopic (exact) mass is 265 g/mol. The number of ether oxygens (including phenoxy) is 1. The van der Waals surface area contributed by atoms with E-state index in [-0.39, 0.29) is 11.9 Å². The largest absolute Gasteiger partial charge is 0.490 e. The fraction of sp³-hybridized carbons (Fsp3) is 0.625. The molecule has 1 N–H and O–H groups in total. The standard InChI is InChI=1S/C16H24FNO/c1-11-4-6-15(8-12(11)2)19-16-7-5-14(17)9-13(16)10-18-3/h5,7,9,11-12,15,18H,4,6,8,10H2,1-3H3. The second kappa shape index (κ2) is 6.38. The second-order valence-corrected chi connectivity index (χ2v) is 5.79. The van der Waals surface area contributed by atoms with Crippen molar-refractivity contribution in [1.29, 1.82) is 0 Å². The Balaban J connectivity index is 2.06. The minimum atomic E-state index is -0.205. The molecule has 2 nitrogen and oxygen atoms in total. The number of hydrogen-bond acceptors (Lipinski definition) is 2. The maximum Gasteiger partial charge on any atom is 0.124 e. The normalized spacial score (nSPS) is 27.3. The van der Waals surface area contributed by atoms with Crippen molar-refractivity contribution in [2.75, 3.05) is 7.05 Å². The lowest BCUT2D eigenvalue weighted by atomic mass is 9.80. The van der Waals surface area contributed by atoms with E-state index >= 15 is 0 Å². The van der Waals surface area contributed by atoms with Crippen LogP contribution in [0.4, 0.5) is 4.39 Å². The summed E-state index contributed by atoms with van der Waals surface area (Å²) in [6.45, 7) is 5.23. The summed E-state index contributed by atoms with van der Waals surface area (Å²) >= 11 is 0. The Hall–Kier alpha value is -1.09. The Kier molecular flexibility index (Phi) is 4.81. The molecule has 3 heteroatoms. The van der Waals surface area contributed by atoms with Crippen molar-refractivity contribution in [2.24, 2.45) is 11.8 Å². The van der Waals surface area contributed by atoms with E-state index < -0.39 is 0 Å². The summed E-state index contributed by atoms with van der Waals surface area (Å²) in [7, 11) is 1.86. The van der Waals surface area contributed by atoms with Gasteiger partial charge in [-0.05, 0) is 56.3 Å². The molecular formula is C16H24FNO. The molecule has 0 aromatic heterocycles. The van der Waals surface area contributed by atoms with Gasteiger partial charge >= 0.3 is 0 Å². The maximum absolute atomic E-state index is 13.3. The quantitative estimate of drug-likeness (QED) is 0.895. The van der Waals surface area contributed by atoms with Gasteiger partial charge in [0.05, 0.1) is 6.10 Å². The molecule has 3 atom stereocenters. The molecule has 19 heavy (non-hydrogen) atoms. The van der Waals surface area contributed by atoms with Gasteiger partial charge in [-0.1, -0.05) is 13.8 Å². The third-order valence-corrected chi connectivity index (χ3v) is 4.23. The molecule has 0 amide bonds. The van der Waals surface area contributed by atoms with E-state index in [4.69, 9.17) is 4.74 Å². The van der Waals surface area contributed by atoms with E-state index in [0.717, 1.165) is 30.1 Å². The molecule has 0 aliphatic heterocycles. The lowest BCUT2D eigenvalue weighted by Gasteiger charge is -2.32. The summed E-state index contributed by atoms with van der Waals surface area (Å²) in [4.78, 5) is 0. The van der Waals surface area contributed by atoms with Gasteiger partial charge in [0, 0.05) is 12.1 Å². The van der Waals surface area contributed by atoms with Crippen LogP contribution in [0, 0.1) is 17.7 Å². The van der Waals surface area contributed by atoms with E-state index in [1.54, 1.807) is 12.1 Å². The molecule has 1 aliphatic carbocycles. The van der Waals surface area contributed by atoms with E-state index in [0.29, 0.717) is 12.5 Å². The molecule has 106 valence electrons. The number of nitrogens with one attached hydrogen (secondary N) is 1. The van der Waals surface area contributed by atoms with Gasteiger partial charge in [-0.2, -0.15) is 0 Å². The first-order valence-electron chi connectivity index (χ1n) is 7.19. The Labute approximate surface area is 115 Å². The number of hydrogen-bond donors (Lipinski definition) is 1. The van der Waals surface area contributed by atoms with Crippen molar-refractivity contribution in [2.45, 2.75) is 45.8 Å². The van der Waals surface area contributed by atoms with Gasteiger partial charge in [0.1, 0.15) is 11.6 Å². The molecule has 1 aliphatic rings. The molecule has 0 saturated heterocycles. The van der Waals surface area contributed by atoms with Gasteiger partial charge in [-0.3, -0.25) is 0 Å². The lowest BCUT2D eigenvalue weighted by molar-refractivity contribution is 0.0995. The molecule has 1 aromatic carbocycles. The highest BCUT2D eigenvalue weighted by molar-refractivity contribution is 5.34. The Morgan fingerprint density at radius 1 is 1.26 bits per heavy atom. The van der Waals surface area contributed by atoms with Crippen LogP contribution < -0.4 is 10.1 Å². The van der Waals surface area contributed by atoms with Crippen LogP contribution in [0.15, 0.2) is 18.2 Å². The fourth-order valence-corrected chi connectivity index (χ4v) is 2.78. The van der Waals surface area contributed by atoms with Crippen LogP contribution in [-0.4, -0.2) is 13.2 Å². The van der Waals surface area contributed by atoms with Crippen molar-refractivity contribution in [3.8, 4) is 5.75 Å². The third kappa shape index (κ3) is 3.69. The molecule has 1 saturated carbocycles. The molecule has 2 rings (SSSR count). The topological polar surface area (TPSA) is 21.3 Å². The summed E-state index contributed by atoms with van der Waals surface area (Å²) in [6.07, 6.45) is 3.68. The first-order chi connectivity index (χ1) is 9.10. The lowest BCUT2D eigenvalue weighted by Crippen LogP contribution is -2.29. The van der Waals surface area contributed by atoms with E-state index in [1.165, 1.54) is 12.5 Å². The van der Waals surface area contributed by atoms with Crippen LogP contribution in [0.25, 0.3) is 0 Å². The summed E-state index contributed by atoms with van der Waals surface area (Å²) in [5, 5.41) is 3.06. The zero-order valence-electron chi connectivity index (χ0n) is 12.1. The highest BCUT2D eigenvalue weighted by atomic mass is 19.1. The molecule has 0 bridgehead atoms. The smallest absolute Gasteiger partial charge is 0.124 e. The molecule has 0 radical (unpaired) electrons. The van der Waals surface area contributed by atoms with Crippen LogP contribution in [0.5, 0.6) is 5.75 Å². The minimum absolute atomic E-state index is 0.205. The second-order valence-electron chi connectivity index (χ2n) is 5.79. The molecule has 3 unspecified atom stereocenters. The van der Waals surface area contributed by atoms with Gasteiger partial charge in [0.15, 0.2) is 0 Å². The van der Waals surface area contributed by atoms with Gasteiger partial charge in [0.2, 0.25) is 0 Å². The number of rotatable bonds is 4. The van der Waals surface area contributed by atoms with Crippen molar-refractivity contribution in [1.82, 2.24) is 5.32 Å². The zero-order chi connectivity index (χ0) is 13.8. The zero-order valence-corrected chi connectivity index (χ0v) is 12.1. The van der Waals surface area contributed by atoms with Crippen LogP contribution in [0.3, 0.4) is 0 Å². The van der Waals surface area contributed by atoms with Gasteiger partial charge in [-0.25, -0.2) is 4.39 Å². The van der Waals surface area contributed by atoms with Crippen LogP contribution in [0.1, 0.15) is 38.7 Å². The number of halogens is 1. The van der Waals surface area contributed by atoms with Crippen LogP contribution in [-0.2, 0) is 6.54 Å². The average Bonchev–Trinajstić information content (AvgIpc) is 2.37. The first-order valence-corrected chi connectivity index (χ1v) is 7.19. The summed E-state index contributed by atoms with van der Waals surface area (Å²) < 4.78 is 19.4. The Bertz CT molecular complexity index is 421. The fourth-order valence-electron chi connectivity index (χ4n) is 2.78. The molecule has 1 aromatic rings. The highest BCUT2D eigenvalue weighted by Crippen LogP contribution is 2.32. The first kappa shape index (κ1) is 14.3. The number of benzene rings is 1. The van der Waals surface area contributed by atoms with E-state index in [9.17, 15) is 4.39 Å². The molecule has 1 fully saturated rings. The Morgan fingerprint density at radius 2 is 2.05 bits per heavy atom. The van der Waals surface area contributed by atoms with E-state index in [2.05, 4.69) is 19.2 Å². The van der Waals surface area contributed by atoms with Gasteiger partial charge in [0.25, 0.3) is 0 Å². The minimum Gasteiger partial charge on any atom is -0.490 e. The Morgan fingerprint density at radius 3 is 2.74 bits per heavy atom. The molecule has 0 spiro atoms. The summed E-state index contributed by atoms with van der Waals surface area (Å²) in [6, 6.07) is 4.79. The average molecular weight is 265 g/mol. The molecular weight excluding hydrogens is 241 g/mol. The van der Waals surface area contributed by atoms with Gasteiger partial charge in [-0.15, -0.1) is 0 Å². The summed E-state index contributed by atoms with van der Waals surface area (Å²) in [5.74, 6) is 2.10.